The molecular weight excluding hydrogens is 777 g/mol. The summed E-state index contributed by atoms with van der Waals surface area (Å²) in [5.41, 5.74) is -0.722. The number of ether oxygens (including phenoxy) is 4. The van der Waals surface area contributed by atoms with Gasteiger partial charge >= 0.3 is 23.3 Å². The van der Waals surface area contributed by atoms with Gasteiger partial charge in [-0.15, -0.1) is 0 Å². The molecule has 0 fully saturated rings. The summed E-state index contributed by atoms with van der Waals surface area (Å²) in [4.78, 5) is 79.7. The Labute approximate surface area is 348 Å². The normalized spacial score (nSPS) is 12.2. The molecule has 18 nitrogen and oxygen atoms in total. The Balaban J connectivity index is 1.35. The van der Waals surface area contributed by atoms with Crippen LogP contribution in [-0.2, 0) is 47.3 Å². The SMILES string of the molecule is Cc1c(N(C)CCNCC(COc2ccccc2)OC(=O)/C=C/C(=O)OC(CNCCN(C)c2c(C)c(=O)n(C)c(=O)n2C)COc2ccccc2)n(C)c(=O)n(C)c1=O. The number of hydrogen-bond acceptors (Lipinski definition) is 14. The first-order valence-electron chi connectivity index (χ1n) is 19.4. The van der Waals surface area contributed by atoms with Crippen molar-refractivity contribution < 1.29 is 28.5 Å². The molecule has 324 valence electrons. The van der Waals surface area contributed by atoms with E-state index in [1.54, 1.807) is 76.1 Å². The van der Waals surface area contributed by atoms with Crippen LogP contribution in [0.25, 0.3) is 0 Å². The van der Waals surface area contributed by atoms with Gasteiger partial charge in [-0.25, -0.2) is 19.2 Å². The second-order valence-corrected chi connectivity index (χ2v) is 14.3. The number of likely N-dealkylation sites (N-methyl/N-ethyl adjacent to an activating group) is 2. The molecule has 0 bridgehead atoms. The Morgan fingerprint density at radius 3 is 1.30 bits per heavy atom. The molecule has 2 aromatic carbocycles. The lowest BCUT2D eigenvalue weighted by atomic mass is 10.3. The maximum atomic E-state index is 13.0. The van der Waals surface area contributed by atoms with Crippen molar-refractivity contribution in [2.24, 2.45) is 28.2 Å². The number of anilines is 2. The number of rotatable bonds is 22. The highest BCUT2D eigenvalue weighted by atomic mass is 16.6. The molecule has 0 saturated heterocycles. The van der Waals surface area contributed by atoms with Crippen LogP contribution in [0.2, 0.25) is 0 Å². The van der Waals surface area contributed by atoms with E-state index in [0.717, 1.165) is 21.3 Å². The van der Waals surface area contributed by atoms with E-state index in [9.17, 15) is 28.8 Å². The zero-order valence-electron chi connectivity index (χ0n) is 35.5. The van der Waals surface area contributed by atoms with Crippen molar-refractivity contribution in [3.05, 3.63) is 126 Å². The topological polar surface area (TPSA) is 190 Å². The third-order valence-corrected chi connectivity index (χ3v) is 9.70. The molecule has 2 heterocycles. The van der Waals surface area contributed by atoms with Gasteiger partial charge < -0.3 is 39.4 Å². The average Bonchev–Trinajstić information content (AvgIpc) is 3.24. The number of benzene rings is 2. The van der Waals surface area contributed by atoms with Gasteiger partial charge in [0.05, 0.1) is 11.1 Å². The molecule has 2 N–H and O–H groups in total. The van der Waals surface area contributed by atoms with Crippen LogP contribution >= 0.6 is 0 Å². The lowest BCUT2D eigenvalue weighted by Crippen LogP contribution is -2.43. The Bertz CT molecular complexity index is 2100. The summed E-state index contributed by atoms with van der Waals surface area (Å²) in [6.07, 6.45) is 0.439. The fraction of sp³-hybridized carbons (Fsp3) is 0.429. The van der Waals surface area contributed by atoms with E-state index in [4.69, 9.17) is 18.9 Å². The first-order valence-corrected chi connectivity index (χ1v) is 19.4. The van der Waals surface area contributed by atoms with Crippen molar-refractivity contribution in [3.63, 3.8) is 0 Å². The lowest BCUT2D eigenvalue weighted by molar-refractivity contribution is -0.147. The zero-order valence-corrected chi connectivity index (χ0v) is 35.5. The third kappa shape index (κ3) is 12.6. The predicted molar refractivity (Wildman–Crippen MR) is 228 cm³/mol. The summed E-state index contributed by atoms with van der Waals surface area (Å²) in [5, 5.41) is 6.48. The van der Waals surface area contributed by atoms with Crippen LogP contribution in [0, 0.1) is 13.8 Å². The smallest absolute Gasteiger partial charge is 0.332 e. The summed E-state index contributed by atoms with van der Waals surface area (Å²) < 4.78 is 28.1. The molecule has 0 aliphatic heterocycles. The van der Waals surface area contributed by atoms with E-state index >= 15 is 0 Å². The second kappa shape index (κ2) is 22.1. The number of carbonyl (C=O) groups is 2. The van der Waals surface area contributed by atoms with Crippen LogP contribution in [0.4, 0.5) is 11.6 Å². The predicted octanol–water partition coefficient (Wildman–Crippen LogP) is 0.388. The highest BCUT2D eigenvalue weighted by Crippen LogP contribution is 2.14. The summed E-state index contributed by atoms with van der Waals surface area (Å²) in [7, 11) is 9.64. The highest BCUT2D eigenvalue weighted by Gasteiger charge is 2.20. The average molecular weight is 833 g/mol. The molecular formula is C42H56N8O10. The maximum Gasteiger partial charge on any atom is 0.332 e. The minimum absolute atomic E-state index is 0.00970. The van der Waals surface area contributed by atoms with Crippen molar-refractivity contribution >= 4 is 23.6 Å². The molecule has 4 aromatic rings. The molecule has 0 aliphatic carbocycles. The molecule has 0 aliphatic rings. The number of nitrogens with zero attached hydrogens (tertiary/aromatic N) is 6. The van der Waals surface area contributed by atoms with Gasteiger partial charge in [0.1, 0.15) is 48.6 Å². The van der Waals surface area contributed by atoms with Gasteiger partial charge in [-0.3, -0.25) is 27.9 Å². The largest absolute Gasteiger partial charge is 0.490 e. The molecule has 0 amide bonds. The molecule has 2 atom stereocenters. The number of nitrogens with one attached hydrogen (secondary N) is 2. The standard InChI is InChI=1S/C42H56N8O10/c1-29-37(47(5)41(55)49(7)39(29)53)45(3)23-21-43-25-33(27-57-31-15-11-9-12-16-31)59-35(51)19-20-36(52)60-34(28-58-32-17-13-10-14-18-32)26-44-22-24-46(4)38-30(2)40(54)50(8)42(56)48(38)6/h9-20,33-34,43-44H,21-28H2,1-8H3/b20-19+. The zero-order chi connectivity index (χ0) is 43.9. The Morgan fingerprint density at radius 2 is 0.950 bits per heavy atom. The van der Waals surface area contributed by atoms with Crippen LogP contribution in [-0.4, -0.2) is 109 Å². The quantitative estimate of drug-likeness (QED) is 0.0629. The summed E-state index contributed by atoms with van der Waals surface area (Å²) in [6.45, 7) is 5.39. The van der Waals surface area contributed by atoms with Crippen molar-refractivity contribution in [1.82, 2.24) is 28.9 Å². The molecule has 60 heavy (non-hydrogen) atoms. The Hall–Kier alpha value is -6.40. The van der Waals surface area contributed by atoms with Gasteiger partial charge in [-0.1, -0.05) is 36.4 Å². The van der Waals surface area contributed by atoms with Crippen molar-refractivity contribution in [2.45, 2.75) is 26.1 Å². The van der Waals surface area contributed by atoms with E-state index in [-0.39, 0.29) is 37.4 Å². The van der Waals surface area contributed by atoms with Gasteiger partial charge in [0, 0.05) is 93.7 Å². The van der Waals surface area contributed by atoms with E-state index in [0.29, 0.717) is 60.4 Å². The molecule has 4 rings (SSSR count). The number of esters is 2. The second-order valence-electron chi connectivity index (χ2n) is 14.3. The fourth-order valence-electron chi connectivity index (χ4n) is 6.54. The van der Waals surface area contributed by atoms with E-state index in [2.05, 4.69) is 10.6 Å². The van der Waals surface area contributed by atoms with Gasteiger partial charge in [-0.2, -0.15) is 0 Å². The number of carbonyl (C=O) groups excluding carboxylic acids is 2. The highest BCUT2D eigenvalue weighted by molar-refractivity contribution is 5.91. The third-order valence-electron chi connectivity index (χ3n) is 9.70. The van der Waals surface area contributed by atoms with Crippen LogP contribution in [0.15, 0.2) is 92.0 Å². The van der Waals surface area contributed by atoms with Gasteiger partial charge in [0.25, 0.3) is 11.1 Å². The molecule has 2 aromatic heterocycles. The minimum atomic E-state index is -0.794. The first-order chi connectivity index (χ1) is 28.6. The molecule has 0 radical (unpaired) electrons. The van der Waals surface area contributed by atoms with Crippen LogP contribution in [0.1, 0.15) is 11.1 Å². The van der Waals surface area contributed by atoms with Gasteiger partial charge in [-0.05, 0) is 38.1 Å². The molecule has 0 saturated carbocycles. The monoisotopic (exact) mass is 832 g/mol. The summed E-state index contributed by atoms with van der Waals surface area (Å²) >= 11 is 0. The van der Waals surface area contributed by atoms with Crippen molar-refractivity contribution in [3.8, 4) is 11.5 Å². The van der Waals surface area contributed by atoms with Gasteiger partial charge in [0.2, 0.25) is 0 Å². The minimum Gasteiger partial charge on any atom is -0.490 e. The van der Waals surface area contributed by atoms with Crippen LogP contribution < -0.4 is 52.4 Å². The lowest BCUT2D eigenvalue weighted by Gasteiger charge is -2.25. The first kappa shape index (κ1) is 46.3. The number of para-hydroxylation sites is 2. The molecule has 2 unspecified atom stereocenters. The maximum absolute atomic E-state index is 13.0. The Kier molecular flexibility index (Phi) is 17.1. The van der Waals surface area contributed by atoms with E-state index < -0.39 is 35.5 Å². The van der Waals surface area contributed by atoms with Crippen molar-refractivity contribution in [2.75, 3.05) is 76.4 Å². The van der Waals surface area contributed by atoms with Gasteiger partial charge in [0.15, 0.2) is 0 Å². The molecule has 0 spiro atoms. The van der Waals surface area contributed by atoms with E-state index in [1.807, 2.05) is 36.4 Å². The summed E-state index contributed by atoms with van der Waals surface area (Å²) in [5.74, 6) is 0.561. The van der Waals surface area contributed by atoms with E-state index in [1.165, 1.54) is 23.2 Å². The Morgan fingerprint density at radius 1 is 0.600 bits per heavy atom. The van der Waals surface area contributed by atoms with Crippen molar-refractivity contribution in [1.29, 1.82) is 0 Å². The number of hydrogen-bond donors (Lipinski definition) is 2. The summed E-state index contributed by atoms with van der Waals surface area (Å²) in [6, 6.07) is 18.1. The van der Waals surface area contributed by atoms with Crippen LogP contribution in [0.3, 0.4) is 0 Å². The fourth-order valence-corrected chi connectivity index (χ4v) is 6.54. The number of aromatic nitrogens is 4. The molecule has 18 heteroatoms. The van der Waals surface area contributed by atoms with Crippen LogP contribution in [0.5, 0.6) is 11.5 Å².